The van der Waals surface area contributed by atoms with E-state index in [9.17, 15) is 23.8 Å². The molecule has 0 spiro atoms. The van der Waals surface area contributed by atoms with Crippen molar-refractivity contribution in [2.24, 2.45) is 0 Å². The Kier molecular flexibility index (Phi) is 23.9. The summed E-state index contributed by atoms with van der Waals surface area (Å²) in [5.41, 5.74) is 0. The van der Waals surface area contributed by atoms with Gasteiger partial charge in [-0.2, -0.15) is 0 Å². The molecule has 0 aliphatic heterocycles. The largest absolute Gasteiger partial charge is 0.472 e. The number of amides is 1. The third-order valence-electron chi connectivity index (χ3n) is 6.17. The average molecular weight is 564 g/mol. The fraction of sp³-hybridized carbons (Fsp3) is 0.893. The zero-order valence-electron chi connectivity index (χ0n) is 24.2. The molecule has 0 aliphatic carbocycles. The van der Waals surface area contributed by atoms with Crippen LogP contribution in [-0.2, 0) is 32.7 Å². The normalized spacial score (nSPS) is 13.6. The maximum Gasteiger partial charge on any atom is 0.472 e. The number of hydrogen-bond acceptors (Lipinski definition) is 7. The highest BCUT2D eigenvalue weighted by Crippen LogP contribution is 2.43. The first-order chi connectivity index (χ1) is 18.2. The quantitative estimate of drug-likeness (QED) is 0.0634. The van der Waals surface area contributed by atoms with E-state index in [2.05, 4.69) is 12.2 Å². The van der Waals surface area contributed by atoms with Crippen molar-refractivity contribution >= 4 is 25.5 Å². The van der Waals surface area contributed by atoms with Gasteiger partial charge in [0.2, 0.25) is 5.91 Å². The van der Waals surface area contributed by atoms with Gasteiger partial charge >= 0.3 is 13.8 Å². The molecule has 0 bridgehead atoms. The van der Waals surface area contributed by atoms with Crippen molar-refractivity contribution in [3.05, 3.63) is 0 Å². The third-order valence-corrected chi connectivity index (χ3v) is 7.16. The number of phosphoric acid groups is 1. The number of carbonyl (C=O) groups is 3. The molecule has 0 aliphatic rings. The van der Waals surface area contributed by atoms with E-state index in [0.29, 0.717) is 6.42 Å². The van der Waals surface area contributed by atoms with Crippen LogP contribution in [0.5, 0.6) is 0 Å². The number of ether oxygens (including phenoxy) is 1. The highest BCUT2D eigenvalue weighted by Gasteiger charge is 2.23. The number of Topliss-reactive ketones (excluding diaryl/α,β-unsaturated/α-hetero) is 1. The second-order valence-electron chi connectivity index (χ2n) is 10.1. The van der Waals surface area contributed by atoms with E-state index in [1.54, 1.807) is 6.92 Å². The van der Waals surface area contributed by atoms with Crippen LogP contribution >= 0.6 is 7.82 Å². The Morgan fingerprint density at radius 3 is 1.76 bits per heavy atom. The zero-order valence-corrected chi connectivity index (χ0v) is 25.1. The van der Waals surface area contributed by atoms with Gasteiger partial charge in [0, 0.05) is 25.8 Å². The first-order valence-electron chi connectivity index (χ1n) is 14.7. The van der Waals surface area contributed by atoms with Crippen LogP contribution in [0.1, 0.15) is 136 Å². The Morgan fingerprint density at radius 1 is 0.763 bits per heavy atom. The van der Waals surface area contributed by atoms with Crippen LogP contribution in [0.2, 0.25) is 0 Å². The van der Waals surface area contributed by atoms with Gasteiger partial charge in [-0.05, 0) is 20.3 Å². The minimum atomic E-state index is -4.33. The van der Waals surface area contributed by atoms with Crippen LogP contribution in [0.25, 0.3) is 0 Å². The topological polar surface area (TPSA) is 128 Å². The molecule has 10 heteroatoms. The predicted octanol–water partition coefficient (Wildman–Crippen LogP) is 6.80. The summed E-state index contributed by atoms with van der Waals surface area (Å²) in [5.74, 6) is -0.779. The van der Waals surface area contributed by atoms with Crippen molar-refractivity contribution in [1.82, 2.24) is 5.32 Å². The number of carbonyl (C=O) groups excluding carboxylic acids is 3. The minimum absolute atomic E-state index is 0.00838. The molecule has 0 saturated heterocycles. The summed E-state index contributed by atoms with van der Waals surface area (Å²) in [6.07, 6.45) is 18.7. The fourth-order valence-electron chi connectivity index (χ4n) is 3.92. The molecule has 2 N–H and O–H groups in total. The first-order valence-corrected chi connectivity index (χ1v) is 16.2. The lowest BCUT2D eigenvalue weighted by Crippen LogP contribution is -2.27. The Balaban J connectivity index is 3.62. The molecule has 0 fully saturated rings. The standard InChI is InChI=1S/C28H54NO8P/c1-4-5-6-7-8-9-10-11-12-13-14-15-16-17-18-19-28(32)37-26(3)24-36-38(33,34)35-23-22-29-27(31)21-20-25(2)30/h26H,4-24H2,1-3H3,(H,29,31)(H,33,34). The molecular formula is C28H54NO8P. The smallest absolute Gasteiger partial charge is 0.460 e. The molecule has 0 aromatic rings. The van der Waals surface area contributed by atoms with E-state index in [4.69, 9.17) is 13.8 Å². The number of rotatable bonds is 27. The lowest BCUT2D eigenvalue weighted by atomic mass is 10.0. The van der Waals surface area contributed by atoms with Gasteiger partial charge in [0.05, 0.1) is 13.2 Å². The van der Waals surface area contributed by atoms with Crippen molar-refractivity contribution in [2.45, 2.75) is 142 Å². The van der Waals surface area contributed by atoms with Crippen LogP contribution in [0.4, 0.5) is 0 Å². The molecule has 0 aromatic heterocycles. The average Bonchev–Trinajstić information content (AvgIpc) is 2.86. The van der Waals surface area contributed by atoms with Crippen molar-refractivity contribution in [2.75, 3.05) is 19.8 Å². The van der Waals surface area contributed by atoms with E-state index in [1.807, 2.05) is 0 Å². The van der Waals surface area contributed by atoms with Crippen LogP contribution < -0.4 is 5.32 Å². The number of hydrogen-bond donors (Lipinski definition) is 2. The number of phosphoric ester groups is 1. The van der Waals surface area contributed by atoms with Crippen molar-refractivity contribution < 1.29 is 37.6 Å². The van der Waals surface area contributed by atoms with Gasteiger partial charge in [-0.3, -0.25) is 18.6 Å². The zero-order chi connectivity index (χ0) is 28.5. The lowest BCUT2D eigenvalue weighted by Gasteiger charge is -2.16. The van der Waals surface area contributed by atoms with Gasteiger partial charge in [0.1, 0.15) is 11.9 Å². The molecule has 2 atom stereocenters. The predicted molar refractivity (Wildman–Crippen MR) is 150 cm³/mol. The van der Waals surface area contributed by atoms with Crippen LogP contribution in [-0.4, -0.2) is 48.4 Å². The first kappa shape index (κ1) is 36.7. The number of ketones is 1. The Labute approximate surface area is 230 Å². The fourth-order valence-corrected chi connectivity index (χ4v) is 4.72. The van der Waals surface area contributed by atoms with E-state index >= 15 is 0 Å². The molecule has 224 valence electrons. The highest BCUT2D eigenvalue weighted by atomic mass is 31.2. The molecule has 0 rings (SSSR count). The summed E-state index contributed by atoms with van der Waals surface area (Å²) in [4.78, 5) is 44.0. The van der Waals surface area contributed by atoms with Gasteiger partial charge in [-0.15, -0.1) is 0 Å². The molecule has 2 unspecified atom stereocenters. The summed E-state index contributed by atoms with van der Waals surface area (Å²) in [5, 5.41) is 2.48. The molecule has 0 saturated carbocycles. The summed E-state index contributed by atoms with van der Waals surface area (Å²) in [7, 11) is -4.33. The van der Waals surface area contributed by atoms with Crippen molar-refractivity contribution in [3.63, 3.8) is 0 Å². The maximum atomic E-state index is 12.0. The Hall–Kier alpha value is -1.28. The number of unbranched alkanes of at least 4 members (excludes halogenated alkanes) is 14. The summed E-state index contributed by atoms with van der Waals surface area (Å²) in [6, 6.07) is 0. The van der Waals surface area contributed by atoms with Gasteiger partial charge < -0.3 is 19.7 Å². The Morgan fingerprint density at radius 2 is 1.26 bits per heavy atom. The molecule has 38 heavy (non-hydrogen) atoms. The van der Waals surface area contributed by atoms with E-state index in [-0.39, 0.29) is 50.3 Å². The summed E-state index contributed by atoms with van der Waals surface area (Å²) < 4.78 is 26.8. The molecule has 1 amide bonds. The molecule has 9 nitrogen and oxygen atoms in total. The van der Waals surface area contributed by atoms with Crippen molar-refractivity contribution in [1.29, 1.82) is 0 Å². The molecule has 0 radical (unpaired) electrons. The van der Waals surface area contributed by atoms with Gasteiger partial charge in [0.15, 0.2) is 0 Å². The number of esters is 1. The third kappa shape index (κ3) is 26.3. The van der Waals surface area contributed by atoms with Crippen LogP contribution in [0.3, 0.4) is 0 Å². The van der Waals surface area contributed by atoms with E-state index in [1.165, 1.54) is 84.0 Å². The monoisotopic (exact) mass is 563 g/mol. The number of nitrogens with one attached hydrogen (secondary N) is 1. The summed E-state index contributed by atoms with van der Waals surface area (Å²) >= 11 is 0. The van der Waals surface area contributed by atoms with E-state index in [0.717, 1.165) is 19.3 Å². The Bertz CT molecular complexity index is 673. The lowest BCUT2D eigenvalue weighted by molar-refractivity contribution is -0.150. The minimum Gasteiger partial charge on any atom is -0.460 e. The highest BCUT2D eigenvalue weighted by molar-refractivity contribution is 7.47. The van der Waals surface area contributed by atoms with Gasteiger partial charge in [-0.25, -0.2) is 4.57 Å². The summed E-state index contributed by atoms with van der Waals surface area (Å²) in [6.45, 7) is 4.74. The van der Waals surface area contributed by atoms with Gasteiger partial charge in [-0.1, -0.05) is 96.8 Å². The SMILES string of the molecule is CCCCCCCCCCCCCCCCCC(=O)OC(C)COP(=O)(O)OCCNC(=O)CCC(C)=O. The second kappa shape index (κ2) is 24.7. The van der Waals surface area contributed by atoms with Crippen molar-refractivity contribution in [3.8, 4) is 0 Å². The van der Waals surface area contributed by atoms with Gasteiger partial charge in [0.25, 0.3) is 0 Å². The molecule has 0 heterocycles. The van der Waals surface area contributed by atoms with E-state index < -0.39 is 13.9 Å². The molecular weight excluding hydrogens is 509 g/mol. The van der Waals surface area contributed by atoms with Crippen LogP contribution in [0, 0.1) is 0 Å². The second-order valence-corrected chi connectivity index (χ2v) is 11.6. The maximum absolute atomic E-state index is 12.0. The van der Waals surface area contributed by atoms with Crippen LogP contribution in [0.15, 0.2) is 0 Å². The molecule has 0 aromatic carbocycles.